The molecule has 4 N–H and O–H groups in total. The third kappa shape index (κ3) is 14.6. The molecule has 0 saturated carbocycles. The number of nitrogens with zero attached hydrogens (tertiary/aromatic N) is 9. The summed E-state index contributed by atoms with van der Waals surface area (Å²) in [5.41, 5.74) is 9.00. The summed E-state index contributed by atoms with van der Waals surface area (Å²) in [4.78, 5) is 85.3. The Bertz CT molecular complexity index is 2850. The molecule has 2 aliphatic heterocycles. The van der Waals surface area contributed by atoms with E-state index in [1.165, 1.54) is 27.9 Å². The van der Waals surface area contributed by atoms with Gasteiger partial charge in [-0.05, 0) is 63.1 Å². The van der Waals surface area contributed by atoms with Crippen LogP contribution in [0.1, 0.15) is 70.3 Å². The molecule has 7 aromatic rings. The summed E-state index contributed by atoms with van der Waals surface area (Å²) >= 11 is 0. The molecule has 3 amide bonds. The zero-order valence-electron chi connectivity index (χ0n) is 40.5. The number of fused-ring (bicyclic) bond motifs is 2. The van der Waals surface area contributed by atoms with Crippen LogP contribution in [-0.2, 0) is 32.2 Å². The largest absolute Gasteiger partial charge is 0.485 e. The van der Waals surface area contributed by atoms with Crippen LogP contribution in [0.4, 0.5) is 11.6 Å². The van der Waals surface area contributed by atoms with Gasteiger partial charge in [-0.1, -0.05) is 60.7 Å². The molecule has 0 aliphatic carbocycles. The van der Waals surface area contributed by atoms with E-state index in [2.05, 4.69) is 40.0 Å². The Balaban J connectivity index is 0.000000192. The van der Waals surface area contributed by atoms with Crippen LogP contribution in [0.15, 0.2) is 135 Å². The Morgan fingerprint density at radius 1 is 0.681 bits per heavy atom. The van der Waals surface area contributed by atoms with Crippen LogP contribution >= 0.6 is 12.4 Å². The topological polar surface area (TPSA) is 257 Å². The first-order valence-electron chi connectivity index (χ1n) is 22.6. The lowest BCUT2D eigenvalue weighted by atomic mass is 10.1. The molecule has 21 nitrogen and oxygen atoms in total. The van der Waals surface area contributed by atoms with E-state index in [4.69, 9.17) is 19.9 Å². The second-order valence-corrected chi connectivity index (χ2v) is 15.8. The summed E-state index contributed by atoms with van der Waals surface area (Å²) in [6, 6.07) is 25.4. The van der Waals surface area contributed by atoms with Crippen LogP contribution in [-0.4, -0.2) is 120 Å². The third-order valence-electron chi connectivity index (χ3n) is 10.6. The van der Waals surface area contributed by atoms with Crippen LogP contribution < -0.4 is 30.3 Å². The molecule has 0 unspecified atom stereocenters. The Kier molecular flexibility index (Phi) is 20.1. The fourth-order valence-electron chi connectivity index (χ4n) is 6.92. The first-order chi connectivity index (χ1) is 34.3. The Hall–Kier alpha value is -8.43. The van der Waals surface area contributed by atoms with Gasteiger partial charge in [-0.15, -0.1) is 12.4 Å². The second-order valence-electron chi connectivity index (χ2n) is 15.8. The number of aromatic amines is 1. The lowest BCUT2D eigenvalue weighted by Gasteiger charge is -2.23. The highest BCUT2D eigenvalue weighted by Crippen LogP contribution is 2.30. The number of carbonyl (C=O) groups is 5. The molecule has 7 heterocycles. The lowest BCUT2D eigenvalue weighted by Crippen LogP contribution is -2.53. The number of ether oxygens (including phenoxy) is 4. The number of nitrogens with two attached hydrogens (primary N) is 1. The van der Waals surface area contributed by atoms with Gasteiger partial charge in [0.2, 0.25) is 5.91 Å². The first kappa shape index (κ1) is 54.5. The van der Waals surface area contributed by atoms with Gasteiger partial charge in [0.25, 0.3) is 11.8 Å². The van der Waals surface area contributed by atoms with E-state index < -0.39 is 24.1 Å². The maximum Gasteiger partial charge on any atom is 0.358 e. The van der Waals surface area contributed by atoms with Crippen LogP contribution in [0.5, 0.6) is 11.5 Å². The smallest absolute Gasteiger partial charge is 0.358 e. The predicted octanol–water partition coefficient (Wildman–Crippen LogP) is 5.14. The van der Waals surface area contributed by atoms with Crippen molar-refractivity contribution in [1.29, 1.82) is 0 Å². The van der Waals surface area contributed by atoms with Gasteiger partial charge in [0.05, 0.1) is 38.4 Å². The SMILES string of the molecule is CCOC(=O)c1cn(Cc2ccccc2)cn1.CCOC(=O)c1cnc[nH]1.C[C@H]1Oc2cccnc2N(C)C(=O)[C@H]1N.C[C@H]1Oc2cccnc2N(C)C(=O)[C@H]1NC(=O)c1cn(Cc2ccccc2)cn1.Cl. The number of anilines is 2. The minimum atomic E-state index is -0.860. The Morgan fingerprint density at radius 3 is 1.71 bits per heavy atom. The van der Waals surface area contributed by atoms with Crippen molar-refractivity contribution in [3.8, 4) is 11.5 Å². The lowest BCUT2D eigenvalue weighted by molar-refractivity contribution is -0.122. The van der Waals surface area contributed by atoms with Crippen LogP contribution in [0.25, 0.3) is 0 Å². The molecule has 5 aromatic heterocycles. The van der Waals surface area contributed by atoms with E-state index in [0.717, 1.165) is 5.56 Å². The van der Waals surface area contributed by atoms with Crippen LogP contribution in [0.3, 0.4) is 0 Å². The molecule has 0 radical (unpaired) electrons. The molecule has 4 atom stereocenters. The molecule has 0 fully saturated rings. The van der Waals surface area contributed by atoms with Gasteiger partial charge in [0, 0.05) is 52.0 Å². The summed E-state index contributed by atoms with van der Waals surface area (Å²) in [5.74, 6) is 0.383. The van der Waals surface area contributed by atoms with Gasteiger partial charge in [-0.25, -0.2) is 34.5 Å². The number of benzene rings is 2. The fraction of sp³-hybridized carbons (Fsp3) is 0.280. The molecule has 0 bridgehead atoms. The number of carbonyl (C=O) groups excluding carboxylic acids is 5. The molecule has 2 aliphatic rings. The van der Waals surface area contributed by atoms with Crippen molar-refractivity contribution in [3.05, 3.63) is 163 Å². The number of pyridine rings is 2. The number of rotatable bonds is 10. The number of likely N-dealkylation sites (N-methyl/N-ethyl adjacent to an activating group) is 2. The van der Waals surface area contributed by atoms with Crippen molar-refractivity contribution >= 4 is 53.7 Å². The summed E-state index contributed by atoms with van der Waals surface area (Å²) in [6.07, 6.45) is 11.8. The number of H-pyrrole nitrogens is 1. The Morgan fingerprint density at radius 2 is 1.18 bits per heavy atom. The minimum absolute atomic E-state index is 0. The number of hydrogen-bond acceptors (Lipinski definition) is 15. The molecule has 2 aromatic carbocycles. The first-order valence-corrected chi connectivity index (χ1v) is 22.6. The molecule has 0 saturated heterocycles. The summed E-state index contributed by atoms with van der Waals surface area (Å²) in [7, 11) is 3.26. The van der Waals surface area contributed by atoms with Gasteiger partial charge in [-0.3, -0.25) is 24.2 Å². The minimum Gasteiger partial charge on any atom is -0.485 e. The third-order valence-corrected chi connectivity index (χ3v) is 10.6. The number of amides is 3. The number of imidazole rings is 3. The Labute approximate surface area is 422 Å². The van der Waals surface area contributed by atoms with Gasteiger partial charge in [0.15, 0.2) is 28.8 Å². The van der Waals surface area contributed by atoms with Crippen molar-refractivity contribution in [2.75, 3.05) is 37.1 Å². The van der Waals surface area contributed by atoms with E-state index in [1.54, 1.807) is 103 Å². The van der Waals surface area contributed by atoms with Crippen molar-refractivity contribution in [3.63, 3.8) is 0 Å². The van der Waals surface area contributed by atoms with E-state index in [-0.39, 0.29) is 48.0 Å². The number of halogens is 1. The zero-order chi connectivity index (χ0) is 50.9. The average Bonchev–Trinajstić information content (AvgIpc) is 4.19. The van der Waals surface area contributed by atoms with E-state index in [1.807, 2.05) is 69.8 Å². The summed E-state index contributed by atoms with van der Waals surface area (Å²) < 4.78 is 24.7. The maximum absolute atomic E-state index is 12.9. The second kappa shape index (κ2) is 26.5. The van der Waals surface area contributed by atoms with Crippen LogP contribution in [0, 0.1) is 0 Å². The molecule has 378 valence electrons. The van der Waals surface area contributed by atoms with E-state index in [9.17, 15) is 24.0 Å². The quantitative estimate of drug-likeness (QED) is 0.150. The van der Waals surface area contributed by atoms with E-state index >= 15 is 0 Å². The predicted molar refractivity (Wildman–Crippen MR) is 268 cm³/mol. The fourth-order valence-corrected chi connectivity index (χ4v) is 6.92. The number of esters is 2. The molecule has 72 heavy (non-hydrogen) atoms. The highest BCUT2D eigenvalue weighted by atomic mass is 35.5. The van der Waals surface area contributed by atoms with Crippen LogP contribution in [0.2, 0.25) is 0 Å². The van der Waals surface area contributed by atoms with Crippen molar-refractivity contribution in [1.82, 2.24) is 44.4 Å². The number of aromatic nitrogens is 8. The van der Waals surface area contributed by atoms with E-state index in [0.29, 0.717) is 60.8 Å². The zero-order valence-corrected chi connectivity index (χ0v) is 41.3. The van der Waals surface area contributed by atoms with Crippen molar-refractivity contribution < 1.29 is 42.9 Å². The molecular weight excluding hydrogens is 948 g/mol. The summed E-state index contributed by atoms with van der Waals surface area (Å²) in [5, 5.41) is 2.76. The molecule has 0 spiro atoms. The normalized spacial score (nSPS) is 16.5. The van der Waals surface area contributed by atoms with Crippen molar-refractivity contribution in [2.45, 2.75) is 65.1 Å². The van der Waals surface area contributed by atoms with Gasteiger partial charge >= 0.3 is 11.9 Å². The van der Waals surface area contributed by atoms with Gasteiger partial charge in [0.1, 0.15) is 35.7 Å². The average molecular weight is 1010 g/mol. The highest BCUT2D eigenvalue weighted by Gasteiger charge is 2.37. The number of hydrogen-bond donors (Lipinski definition) is 3. The molecular formula is C50H57ClN12O9. The standard InChI is InChI=1S/C21H21N5O3.C13H14N2O2.C10H13N3O2.C6H8N2O2.ClH/c1-14-18(21(28)25(2)19-17(29-14)9-6-10-22-19)24-20(27)16-12-26(13-23-16)11-15-7-4-3-5-8-15;1-2-17-13(16)12-9-15(10-14-12)8-11-6-4-3-5-7-11;1-6-8(11)10(14)13(2)9-7(15-6)4-3-5-12-9;1-2-10-6(9)5-3-7-4-8-5;/h3-10,12-14,18H,11H2,1-2H3,(H,24,27);3-7,9-10H,2,8H2,1H3;3-6,8H,11H2,1-2H3;3-4H,2H2,1H3,(H,7,8);1H/t14-,18+;;6-,8+;;/m1.1../s1. The monoisotopic (exact) mass is 1000 g/mol. The highest BCUT2D eigenvalue weighted by molar-refractivity contribution is 6.02. The molecule has 22 heteroatoms. The summed E-state index contributed by atoms with van der Waals surface area (Å²) in [6.45, 7) is 9.11. The number of nitrogens with one attached hydrogen (secondary N) is 2. The van der Waals surface area contributed by atoms with Gasteiger partial charge < -0.3 is 44.1 Å². The maximum atomic E-state index is 12.9. The molecule has 9 rings (SSSR count). The van der Waals surface area contributed by atoms with Crippen molar-refractivity contribution in [2.24, 2.45) is 5.73 Å². The van der Waals surface area contributed by atoms with Gasteiger partial charge in [-0.2, -0.15) is 0 Å².